The normalized spacial score (nSPS) is 14.9. The van der Waals surface area contributed by atoms with Crippen LogP contribution in [0.5, 0.6) is 0 Å². The SMILES string of the molecule is O=C(N1CCc2cc([N+](=O)[O-])c(F)cc2C1)C(F)(F)F. The van der Waals surface area contributed by atoms with Gasteiger partial charge in [0.25, 0.3) is 0 Å². The molecule has 1 aliphatic rings. The maximum absolute atomic E-state index is 13.4. The van der Waals surface area contributed by atoms with E-state index in [2.05, 4.69) is 0 Å². The number of rotatable bonds is 1. The Hall–Kier alpha value is -2.19. The summed E-state index contributed by atoms with van der Waals surface area (Å²) in [4.78, 5) is 21.3. The molecule has 0 atom stereocenters. The molecule has 1 aromatic rings. The Morgan fingerprint density at radius 1 is 1.30 bits per heavy atom. The van der Waals surface area contributed by atoms with Gasteiger partial charge in [0.05, 0.1) is 4.92 Å². The standard InChI is InChI=1S/C11H8F4N2O3/c12-8-3-7-5-16(10(18)11(13,14)15)2-1-6(7)4-9(8)17(19)20/h3-4H,1-2,5H2. The van der Waals surface area contributed by atoms with Crippen LogP contribution in [-0.2, 0) is 17.8 Å². The maximum Gasteiger partial charge on any atom is 0.471 e. The number of hydrogen-bond donors (Lipinski definition) is 0. The van der Waals surface area contributed by atoms with Crippen LogP contribution in [0.2, 0.25) is 0 Å². The minimum Gasteiger partial charge on any atom is -0.330 e. The van der Waals surface area contributed by atoms with Crippen LogP contribution >= 0.6 is 0 Å². The Bertz CT molecular complexity index is 586. The molecule has 1 aliphatic heterocycles. The lowest BCUT2D eigenvalue weighted by atomic mass is 9.98. The Morgan fingerprint density at radius 3 is 2.50 bits per heavy atom. The number of nitrogens with zero attached hydrogens (tertiary/aromatic N) is 2. The fraction of sp³-hybridized carbons (Fsp3) is 0.364. The van der Waals surface area contributed by atoms with Crippen LogP contribution in [0.1, 0.15) is 11.1 Å². The molecule has 0 saturated heterocycles. The lowest BCUT2D eigenvalue weighted by molar-refractivity contribution is -0.387. The first kappa shape index (κ1) is 14.2. The molecule has 0 spiro atoms. The van der Waals surface area contributed by atoms with Crippen molar-refractivity contribution in [3.63, 3.8) is 0 Å². The first-order chi connectivity index (χ1) is 9.20. The third kappa shape index (κ3) is 2.56. The molecule has 0 aliphatic carbocycles. The number of alkyl halides is 3. The van der Waals surface area contributed by atoms with Crippen molar-refractivity contribution in [3.8, 4) is 0 Å². The predicted molar refractivity (Wildman–Crippen MR) is 58.2 cm³/mol. The molecule has 1 aromatic carbocycles. The van der Waals surface area contributed by atoms with Gasteiger partial charge in [0.2, 0.25) is 5.82 Å². The Labute approximate surface area is 109 Å². The highest BCUT2D eigenvalue weighted by molar-refractivity contribution is 5.82. The van der Waals surface area contributed by atoms with Crippen molar-refractivity contribution < 1.29 is 27.3 Å². The minimum atomic E-state index is -4.99. The van der Waals surface area contributed by atoms with Crippen molar-refractivity contribution >= 4 is 11.6 Å². The molecule has 0 unspecified atom stereocenters. The number of nitro benzene ring substituents is 1. The smallest absolute Gasteiger partial charge is 0.330 e. The second-order valence-electron chi connectivity index (χ2n) is 4.30. The van der Waals surface area contributed by atoms with Crippen molar-refractivity contribution in [1.29, 1.82) is 0 Å². The zero-order valence-corrected chi connectivity index (χ0v) is 9.91. The molecule has 1 heterocycles. The first-order valence-electron chi connectivity index (χ1n) is 5.52. The van der Waals surface area contributed by atoms with Gasteiger partial charge in [-0.25, -0.2) is 0 Å². The van der Waals surface area contributed by atoms with E-state index in [4.69, 9.17) is 0 Å². The van der Waals surface area contributed by atoms with Crippen molar-refractivity contribution in [2.75, 3.05) is 6.54 Å². The first-order valence-corrected chi connectivity index (χ1v) is 5.52. The highest BCUT2D eigenvalue weighted by Crippen LogP contribution is 2.29. The van der Waals surface area contributed by atoms with E-state index in [9.17, 15) is 32.5 Å². The highest BCUT2D eigenvalue weighted by Gasteiger charge is 2.43. The summed E-state index contributed by atoms with van der Waals surface area (Å²) in [7, 11) is 0. The van der Waals surface area contributed by atoms with Gasteiger partial charge < -0.3 is 4.90 Å². The van der Waals surface area contributed by atoms with Crippen LogP contribution in [-0.4, -0.2) is 28.5 Å². The van der Waals surface area contributed by atoms with Crippen molar-refractivity contribution in [3.05, 3.63) is 39.2 Å². The molecule has 0 N–H and O–H groups in total. The van der Waals surface area contributed by atoms with Gasteiger partial charge in [0.1, 0.15) is 0 Å². The average Bonchev–Trinajstić information content (AvgIpc) is 2.34. The number of amides is 1. The number of benzene rings is 1. The van der Waals surface area contributed by atoms with Crippen LogP contribution in [0.3, 0.4) is 0 Å². The molecule has 5 nitrogen and oxygen atoms in total. The summed E-state index contributed by atoms with van der Waals surface area (Å²) in [6.45, 7) is -0.628. The molecule has 9 heteroatoms. The van der Waals surface area contributed by atoms with Crippen LogP contribution in [0.15, 0.2) is 12.1 Å². The number of fused-ring (bicyclic) bond motifs is 1. The Morgan fingerprint density at radius 2 is 1.95 bits per heavy atom. The molecule has 0 aromatic heterocycles. The van der Waals surface area contributed by atoms with Crippen LogP contribution in [0.25, 0.3) is 0 Å². The number of halogens is 4. The van der Waals surface area contributed by atoms with Gasteiger partial charge in [-0.2, -0.15) is 17.6 Å². The second kappa shape index (κ2) is 4.73. The second-order valence-corrected chi connectivity index (χ2v) is 4.30. The van der Waals surface area contributed by atoms with Gasteiger partial charge in [-0.15, -0.1) is 0 Å². The number of carbonyl (C=O) groups is 1. The summed E-state index contributed by atoms with van der Waals surface area (Å²) in [5.41, 5.74) is -0.194. The van der Waals surface area contributed by atoms with E-state index < -0.39 is 35.1 Å². The van der Waals surface area contributed by atoms with Gasteiger partial charge >= 0.3 is 17.8 Å². The zero-order chi connectivity index (χ0) is 15.1. The summed E-state index contributed by atoms with van der Waals surface area (Å²) < 4.78 is 50.3. The van der Waals surface area contributed by atoms with E-state index >= 15 is 0 Å². The molecule has 1 amide bonds. The summed E-state index contributed by atoms with van der Waals surface area (Å²) in [6, 6.07) is 1.81. The van der Waals surface area contributed by atoms with Crippen molar-refractivity contribution in [2.45, 2.75) is 19.1 Å². The van der Waals surface area contributed by atoms with Gasteiger partial charge in [-0.3, -0.25) is 14.9 Å². The lowest BCUT2D eigenvalue weighted by Crippen LogP contribution is -2.43. The summed E-state index contributed by atoms with van der Waals surface area (Å²) in [6.07, 6.45) is -4.98. The van der Waals surface area contributed by atoms with Crippen molar-refractivity contribution in [1.82, 2.24) is 4.90 Å². The highest BCUT2D eigenvalue weighted by atomic mass is 19.4. The summed E-state index contributed by atoms with van der Waals surface area (Å²) >= 11 is 0. The number of carbonyl (C=O) groups excluding carboxylic acids is 1. The van der Waals surface area contributed by atoms with Gasteiger partial charge in [0, 0.05) is 19.2 Å². The number of hydrogen-bond acceptors (Lipinski definition) is 3. The third-order valence-electron chi connectivity index (χ3n) is 3.01. The van der Waals surface area contributed by atoms with Crippen LogP contribution in [0.4, 0.5) is 23.2 Å². The Balaban J connectivity index is 2.30. The molecule has 20 heavy (non-hydrogen) atoms. The van der Waals surface area contributed by atoms with Crippen LogP contribution < -0.4 is 0 Å². The average molecular weight is 292 g/mol. The third-order valence-corrected chi connectivity index (χ3v) is 3.01. The van der Waals surface area contributed by atoms with Gasteiger partial charge in [-0.05, 0) is 23.6 Å². The largest absolute Gasteiger partial charge is 0.471 e. The quantitative estimate of drug-likeness (QED) is 0.453. The predicted octanol–water partition coefficient (Wildman–Crippen LogP) is 2.18. The molecular weight excluding hydrogens is 284 g/mol. The van der Waals surface area contributed by atoms with E-state index in [1.54, 1.807) is 0 Å². The zero-order valence-electron chi connectivity index (χ0n) is 9.91. The molecule has 0 saturated carbocycles. The Kier molecular flexibility index (Phi) is 3.36. The van der Waals surface area contributed by atoms with E-state index in [1.807, 2.05) is 0 Å². The maximum atomic E-state index is 13.4. The molecule has 2 rings (SSSR count). The molecular formula is C11H8F4N2O3. The number of nitro groups is 1. The molecule has 0 bridgehead atoms. The topological polar surface area (TPSA) is 63.5 Å². The van der Waals surface area contributed by atoms with E-state index in [1.165, 1.54) is 0 Å². The van der Waals surface area contributed by atoms with Crippen LogP contribution in [0, 0.1) is 15.9 Å². The van der Waals surface area contributed by atoms with Crippen molar-refractivity contribution in [2.24, 2.45) is 0 Å². The molecule has 0 fully saturated rings. The summed E-state index contributed by atoms with van der Waals surface area (Å²) in [5.74, 6) is -3.13. The van der Waals surface area contributed by atoms with E-state index in [-0.39, 0.29) is 18.5 Å². The van der Waals surface area contributed by atoms with Gasteiger partial charge in [0.15, 0.2) is 0 Å². The van der Waals surface area contributed by atoms with E-state index in [0.717, 1.165) is 12.1 Å². The summed E-state index contributed by atoms with van der Waals surface area (Å²) in [5, 5.41) is 10.6. The monoisotopic (exact) mass is 292 g/mol. The van der Waals surface area contributed by atoms with E-state index in [0.29, 0.717) is 10.5 Å². The molecule has 108 valence electrons. The van der Waals surface area contributed by atoms with Gasteiger partial charge in [-0.1, -0.05) is 0 Å². The molecule has 0 radical (unpaired) electrons. The fourth-order valence-corrected chi connectivity index (χ4v) is 2.06. The lowest BCUT2D eigenvalue weighted by Gasteiger charge is -2.29. The fourth-order valence-electron chi connectivity index (χ4n) is 2.06. The minimum absolute atomic E-state index is 0.0122.